The van der Waals surface area contributed by atoms with Crippen molar-refractivity contribution in [3.8, 4) is 11.9 Å². The van der Waals surface area contributed by atoms with E-state index in [0.717, 1.165) is 24.3 Å². The van der Waals surface area contributed by atoms with Crippen LogP contribution < -0.4 is 15.5 Å². The number of para-hydroxylation sites is 1. The van der Waals surface area contributed by atoms with Crippen LogP contribution in [0.2, 0.25) is 0 Å². The van der Waals surface area contributed by atoms with Gasteiger partial charge in [0.25, 0.3) is 17.7 Å². The maximum absolute atomic E-state index is 14.1. The van der Waals surface area contributed by atoms with Crippen LogP contribution in [0.25, 0.3) is 5.69 Å². The normalized spacial score (nSPS) is 16.3. The predicted molar refractivity (Wildman–Crippen MR) is 146 cm³/mol. The Kier molecular flexibility index (Phi) is 7.69. The van der Waals surface area contributed by atoms with E-state index in [-0.39, 0.29) is 29.2 Å². The number of alkyl halides is 3. The zero-order valence-corrected chi connectivity index (χ0v) is 22.4. The number of hydrogen-bond acceptors (Lipinski definition) is 5. The summed E-state index contributed by atoms with van der Waals surface area (Å²) in [5.74, 6) is -4.08. The summed E-state index contributed by atoms with van der Waals surface area (Å²) in [6.45, 7) is 1.71. The zero-order chi connectivity index (χ0) is 30.9. The molecule has 5 rings (SSSR count). The number of nitrogens with zero attached hydrogens (tertiary/aromatic N) is 4. The molecule has 1 aliphatic heterocycles. The van der Waals surface area contributed by atoms with Crippen LogP contribution in [0.5, 0.6) is 0 Å². The first-order chi connectivity index (χ1) is 20.5. The number of fused-ring (bicyclic) bond motifs is 1. The van der Waals surface area contributed by atoms with E-state index >= 15 is 0 Å². The lowest BCUT2D eigenvalue weighted by Crippen LogP contribution is -2.55. The zero-order valence-electron chi connectivity index (χ0n) is 22.4. The van der Waals surface area contributed by atoms with Gasteiger partial charge in [0.2, 0.25) is 0 Å². The van der Waals surface area contributed by atoms with Crippen molar-refractivity contribution in [2.75, 3.05) is 11.4 Å². The second-order valence-electron chi connectivity index (χ2n) is 9.54. The number of benzene rings is 3. The summed E-state index contributed by atoms with van der Waals surface area (Å²) in [5, 5.41) is 18.3. The van der Waals surface area contributed by atoms with E-state index in [9.17, 15) is 37.2 Å². The molecule has 2 N–H and O–H groups in total. The van der Waals surface area contributed by atoms with Gasteiger partial charge in [0.1, 0.15) is 17.7 Å². The predicted octanol–water partition coefficient (Wildman–Crippen LogP) is 4.54. The lowest BCUT2D eigenvalue weighted by Gasteiger charge is -2.38. The van der Waals surface area contributed by atoms with Gasteiger partial charge in [0, 0.05) is 23.6 Å². The third-order valence-electron chi connectivity index (χ3n) is 7.00. The topological polar surface area (TPSA) is 120 Å². The summed E-state index contributed by atoms with van der Waals surface area (Å²) in [6.07, 6.45) is -3.15. The molecule has 1 aliphatic rings. The highest BCUT2D eigenvalue weighted by Crippen LogP contribution is 2.43. The second kappa shape index (κ2) is 11.4. The summed E-state index contributed by atoms with van der Waals surface area (Å²) in [6, 6.07) is 15.8. The quantitative estimate of drug-likeness (QED) is 0.194. The van der Waals surface area contributed by atoms with Crippen molar-refractivity contribution in [2.24, 2.45) is 0 Å². The molecule has 3 amide bonds. The number of carbonyl (C=O) groups excluding carboxylic acids is 3. The molecule has 0 saturated heterocycles. The molecule has 0 unspecified atom stereocenters. The molecular formula is C30H22F4N6O3. The number of hydrogen-bond donors (Lipinski definition) is 2. The standard InChI is InChI=1S/C30H22F4N6O3/c1-2-39-28-23(24(27(42)36-16-35)38-40(28)21-9-4-3-5-10-21)22(17-11-13-20(31)14-12-17)25(29(39)43)37-26(41)18-7-6-8-19(15-18)30(32,33)34/h3-15,22,25H,2H2,1H3,(H,36,42)(H,37,41)/t22-,25-/m1/s1. The van der Waals surface area contributed by atoms with Crippen LogP contribution in [0.4, 0.5) is 23.4 Å². The van der Waals surface area contributed by atoms with Crippen LogP contribution >= 0.6 is 0 Å². The van der Waals surface area contributed by atoms with Gasteiger partial charge in [-0.25, -0.2) is 9.07 Å². The Morgan fingerprint density at radius 2 is 1.70 bits per heavy atom. The number of nitriles is 1. The van der Waals surface area contributed by atoms with Crippen molar-refractivity contribution in [3.05, 3.63) is 113 Å². The maximum atomic E-state index is 14.1. The number of rotatable bonds is 6. The summed E-state index contributed by atoms with van der Waals surface area (Å²) < 4.78 is 55.4. The van der Waals surface area contributed by atoms with E-state index in [0.29, 0.717) is 17.3 Å². The van der Waals surface area contributed by atoms with Crippen LogP contribution in [0.3, 0.4) is 0 Å². The summed E-state index contributed by atoms with van der Waals surface area (Å²) in [5.41, 5.74) is -0.706. The largest absolute Gasteiger partial charge is 0.416 e. The van der Waals surface area contributed by atoms with Crippen molar-refractivity contribution in [1.82, 2.24) is 20.4 Å². The van der Waals surface area contributed by atoms with Crippen LogP contribution in [0.1, 0.15) is 50.4 Å². The fourth-order valence-corrected chi connectivity index (χ4v) is 5.12. The first kappa shape index (κ1) is 29.0. The van der Waals surface area contributed by atoms with Crippen LogP contribution in [0.15, 0.2) is 78.9 Å². The molecule has 218 valence electrons. The Labute approximate surface area is 242 Å². The van der Waals surface area contributed by atoms with Crippen molar-refractivity contribution in [3.63, 3.8) is 0 Å². The molecule has 43 heavy (non-hydrogen) atoms. The molecule has 2 atom stereocenters. The van der Waals surface area contributed by atoms with Crippen molar-refractivity contribution < 1.29 is 31.9 Å². The van der Waals surface area contributed by atoms with Crippen molar-refractivity contribution >= 4 is 23.5 Å². The fraction of sp³-hybridized carbons (Fsp3) is 0.167. The molecule has 0 aliphatic carbocycles. The minimum absolute atomic E-state index is 0.0513. The first-order valence-electron chi connectivity index (χ1n) is 13.0. The fourth-order valence-electron chi connectivity index (χ4n) is 5.12. The van der Waals surface area contributed by atoms with Gasteiger partial charge >= 0.3 is 6.18 Å². The third-order valence-corrected chi connectivity index (χ3v) is 7.00. The Morgan fingerprint density at radius 3 is 2.33 bits per heavy atom. The molecule has 3 aromatic carbocycles. The highest BCUT2D eigenvalue weighted by Gasteiger charge is 2.47. The van der Waals surface area contributed by atoms with E-state index in [1.807, 2.05) is 5.32 Å². The Hall–Kier alpha value is -5.51. The van der Waals surface area contributed by atoms with Gasteiger partial charge in [0.15, 0.2) is 11.9 Å². The Morgan fingerprint density at radius 1 is 1.00 bits per heavy atom. The average molecular weight is 591 g/mol. The van der Waals surface area contributed by atoms with Crippen LogP contribution in [-0.2, 0) is 11.0 Å². The van der Waals surface area contributed by atoms with E-state index in [1.165, 1.54) is 27.8 Å². The number of likely N-dealkylation sites (N-methyl/N-ethyl adjacent to an activating group) is 1. The summed E-state index contributed by atoms with van der Waals surface area (Å²) >= 11 is 0. The molecule has 0 radical (unpaired) electrons. The lowest BCUT2D eigenvalue weighted by molar-refractivity contribution is -0.137. The van der Waals surface area contributed by atoms with Crippen LogP contribution in [-0.4, -0.2) is 40.1 Å². The molecular weight excluding hydrogens is 568 g/mol. The summed E-state index contributed by atoms with van der Waals surface area (Å²) in [4.78, 5) is 42.0. The minimum atomic E-state index is -4.71. The monoisotopic (exact) mass is 590 g/mol. The van der Waals surface area contributed by atoms with Gasteiger partial charge in [-0.05, 0) is 55.0 Å². The first-order valence-corrected chi connectivity index (χ1v) is 13.0. The molecule has 0 spiro atoms. The molecule has 1 aromatic heterocycles. The maximum Gasteiger partial charge on any atom is 0.416 e. The van der Waals surface area contributed by atoms with E-state index in [4.69, 9.17) is 0 Å². The van der Waals surface area contributed by atoms with E-state index in [1.54, 1.807) is 43.4 Å². The molecule has 13 heteroatoms. The van der Waals surface area contributed by atoms with Gasteiger partial charge in [-0.2, -0.15) is 23.5 Å². The Bertz CT molecular complexity index is 1750. The van der Waals surface area contributed by atoms with E-state index in [2.05, 4.69) is 10.4 Å². The molecule has 2 heterocycles. The highest BCUT2D eigenvalue weighted by atomic mass is 19.4. The SMILES string of the molecule is CCN1C(=O)[C@H](NC(=O)c2cccc(C(F)(F)F)c2)[C@H](c2ccc(F)cc2)c2c(C(=O)NC#N)nn(-c3ccccc3)c21. The number of aromatic nitrogens is 2. The molecule has 0 saturated carbocycles. The van der Waals surface area contributed by atoms with Gasteiger partial charge in [0.05, 0.1) is 11.3 Å². The number of amides is 3. The third kappa shape index (κ3) is 5.42. The van der Waals surface area contributed by atoms with Gasteiger partial charge < -0.3 is 5.32 Å². The Balaban J connectivity index is 1.73. The number of anilines is 1. The minimum Gasteiger partial charge on any atom is -0.339 e. The number of nitrogens with one attached hydrogen (secondary N) is 2. The number of carbonyl (C=O) groups is 3. The summed E-state index contributed by atoms with van der Waals surface area (Å²) in [7, 11) is 0. The molecule has 4 aromatic rings. The smallest absolute Gasteiger partial charge is 0.339 e. The van der Waals surface area contributed by atoms with Crippen molar-refractivity contribution in [1.29, 1.82) is 5.26 Å². The molecule has 0 fully saturated rings. The lowest BCUT2D eigenvalue weighted by atomic mass is 9.80. The second-order valence-corrected chi connectivity index (χ2v) is 9.54. The highest BCUT2D eigenvalue weighted by molar-refractivity contribution is 6.07. The van der Waals surface area contributed by atoms with Gasteiger partial charge in [-0.1, -0.05) is 36.4 Å². The van der Waals surface area contributed by atoms with E-state index < -0.39 is 47.2 Å². The molecule has 9 nitrogen and oxygen atoms in total. The van der Waals surface area contributed by atoms with Gasteiger partial charge in [-0.15, -0.1) is 0 Å². The van der Waals surface area contributed by atoms with Crippen LogP contribution in [0, 0.1) is 17.3 Å². The number of halogens is 4. The average Bonchev–Trinajstić information content (AvgIpc) is 3.38. The van der Waals surface area contributed by atoms with Gasteiger partial charge in [-0.3, -0.25) is 24.6 Å². The molecule has 0 bridgehead atoms. The van der Waals surface area contributed by atoms with Crippen molar-refractivity contribution in [2.45, 2.75) is 25.1 Å².